The third-order valence-electron chi connectivity index (χ3n) is 4.00. The number of carbonyl (C=O) groups is 1. The Morgan fingerprint density at radius 3 is 2.14 bits per heavy atom. The van der Waals surface area contributed by atoms with Gasteiger partial charge in [0.15, 0.2) is 0 Å². The Morgan fingerprint density at radius 1 is 0.909 bits per heavy atom. The second-order valence-corrected chi connectivity index (χ2v) is 5.23. The molecule has 0 unspecified atom stereocenters. The number of fused-ring (bicyclic) bond motifs is 2. The SMILES string of the molecule is CC.CCC(=O)N1Cc2ccccc2CCc2ccccc21. The first kappa shape index (κ1) is 16.3. The maximum Gasteiger partial charge on any atom is 0.227 e. The molecule has 0 aromatic heterocycles. The molecule has 1 aliphatic rings. The summed E-state index contributed by atoms with van der Waals surface area (Å²) in [6.07, 6.45) is 2.57. The molecule has 0 spiro atoms. The quantitative estimate of drug-likeness (QED) is 0.743. The van der Waals surface area contributed by atoms with Crippen LogP contribution in [0.4, 0.5) is 5.69 Å². The largest absolute Gasteiger partial charge is 0.308 e. The van der Waals surface area contributed by atoms with Crippen molar-refractivity contribution in [3.8, 4) is 0 Å². The van der Waals surface area contributed by atoms with E-state index < -0.39 is 0 Å². The Hall–Kier alpha value is -2.09. The van der Waals surface area contributed by atoms with Crippen LogP contribution in [0.1, 0.15) is 43.9 Å². The van der Waals surface area contributed by atoms with Gasteiger partial charge in [0, 0.05) is 12.1 Å². The van der Waals surface area contributed by atoms with Gasteiger partial charge in [-0.1, -0.05) is 63.2 Å². The van der Waals surface area contributed by atoms with Gasteiger partial charge in [0.1, 0.15) is 0 Å². The zero-order valence-electron chi connectivity index (χ0n) is 13.8. The van der Waals surface area contributed by atoms with E-state index in [4.69, 9.17) is 0 Å². The van der Waals surface area contributed by atoms with Crippen LogP contribution in [0.25, 0.3) is 0 Å². The molecule has 0 saturated carbocycles. The minimum atomic E-state index is 0.189. The summed E-state index contributed by atoms with van der Waals surface area (Å²) in [5.74, 6) is 0.189. The second kappa shape index (κ2) is 7.79. The van der Waals surface area contributed by atoms with Gasteiger partial charge in [0.25, 0.3) is 0 Å². The van der Waals surface area contributed by atoms with Gasteiger partial charge < -0.3 is 4.90 Å². The minimum absolute atomic E-state index is 0.189. The Bertz CT molecular complexity index is 633. The molecule has 0 bridgehead atoms. The molecule has 2 nitrogen and oxygen atoms in total. The van der Waals surface area contributed by atoms with Crippen LogP contribution in [-0.4, -0.2) is 5.91 Å². The number of rotatable bonds is 1. The molecule has 0 atom stereocenters. The number of carbonyl (C=O) groups excluding carboxylic acids is 1. The lowest BCUT2D eigenvalue weighted by molar-refractivity contribution is -0.118. The van der Waals surface area contributed by atoms with Crippen molar-refractivity contribution in [1.29, 1.82) is 0 Å². The van der Waals surface area contributed by atoms with Crippen molar-refractivity contribution in [2.45, 2.75) is 46.6 Å². The molecule has 1 amide bonds. The number of anilines is 1. The van der Waals surface area contributed by atoms with E-state index in [1.807, 2.05) is 31.7 Å². The van der Waals surface area contributed by atoms with Crippen LogP contribution in [-0.2, 0) is 24.2 Å². The van der Waals surface area contributed by atoms with Crippen molar-refractivity contribution in [2.75, 3.05) is 4.90 Å². The number of para-hydroxylation sites is 1. The van der Waals surface area contributed by atoms with Crippen LogP contribution < -0.4 is 4.90 Å². The van der Waals surface area contributed by atoms with Crippen molar-refractivity contribution in [1.82, 2.24) is 0 Å². The number of amides is 1. The predicted octanol–water partition coefficient (Wildman–Crippen LogP) is 4.75. The predicted molar refractivity (Wildman–Crippen MR) is 93.1 cm³/mol. The highest BCUT2D eigenvalue weighted by atomic mass is 16.2. The van der Waals surface area contributed by atoms with E-state index in [2.05, 4.69) is 42.5 Å². The molecule has 116 valence electrons. The van der Waals surface area contributed by atoms with Crippen molar-refractivity contribution >= 4 is 11.6 Å². The lowest BCUT2D eigenvalue weighted by atomic mass is 9.95. The first-order valence-electron chi connectivity index (χ1n) is 8.24. The van der Waals surface area contributed by atoms with Gasteiger partial charge in [-0.3, -0.25) is 4.79 Å². The highest BCUT2D eigenvalue weighted by Crippen LogP contribution is 2.28. The lowest BCUT2D eigenvalue weighted by Crippen LogP contribution is -2.32. The van der Waals surface area contributed by atoms with E-state index in [0.29, 0.717) is 13.0 Å². The Kier molecular flexibility index (Phi) is 5.76. The highest BCUT2D eigenvalue weighted by molar-refractivity contribution is 5.94. The molecular weight excluding hydrogens is 270 g/mol. The van der Waals surface area contributed by atoms with Crippen molar-refractivity contribution in [3.63, 3.8) is 0 Å². The van der Waals surface area contributed by atoms with Crippen LogP contribution in [0.2, 0.25) is 0 Å². The Balaban J connectivity index is 0.000000847. The van der Waals surface area contributed by atoms with E-state index in [0.717, 1.165) is 18.5 Å². The van der Waals surface area contributed by atoms with E-state index in [-0.39, 0.29) is 5.91 Å². The average Bonchev–Trinajstić information content (AvgIpc) is 2.58. The Morgan fingerprint density at radius 2 is 1.45 bits per heavy atom. The highest BCUT2D eigenvalue weighted by Gasteiger charge is 2.20. The molecule has 2 heteroatoms. The van der Waals surface area contributed by atoms with Crippen molar-refractivity contribution in [3.05, 3.63) is 65.2 Å². The van der Waals surface area contributed by atoms with Crippen LogP contribution in [0.5, 0.6) is 0 Å². The molecule has 0 aliphatic carbocycles. The van der Waals surface area contributed by atoms with Crippen LogP contribution in [0.3, 0.4) is 0 Å². The summed E-state index contributed by atoms with van der Waals surface area (Å²) >= 11 is 0. The molecule has 0 saturated heterocycles. The Labute approximate surface area is 133 Å². The molecule has 2 aromatic carbocycles. The van der Waals surface area contributed by atoms with Gasteiger partial charge in [-0.05, 0) is 35.6 Å². The maximum atomic E-state index is 12.3. The average molecular weight is 295 g/mol. The van der Waals surface area contributed by atoms with Gasteiger partial charge in [0.2, 0.25) is 5.91 Å². The summed E-state index contributed by atoms with van der Waals surface area (Å²) in [5, 5.41) is 0. The third-order valence-corrected chi connectivity index (χ3v) is 4.00. The summed E-state index contributed by atoms with van der Waals surface area (Å²) < 4.78 is 0. The van der Waals surface area contributed by atoms with Gasteiger partial charge in [-0.15, -0.1) is 0 Å². The summed E-state index contributed by atoms with van der Waals surface area (Å²) in [6.45, 7) is 6.61. The van der Waals surface area contributed by atoms with Crippen LogP contribution in [0.15, 0.2) is 48.5 Å². The summed E-state index contributed by atoms with van der Waals surface area (Å²) in [6, 6.07) is 16.7. The smallest absolute Gasteiger partial charge is 0.227 e. The normalized spacial score (nSPS) is 13.0. The molecule has 0 fully saturated rings. The lowest BCUT2D eigenvalue weighted by Gasteiger charge is -2.28. The fraction of sp³-hybridized carbons (Fsp3) is 0.350. The van der Waals surface area contributed by atoms with Crippen molar-refractivity contribution < 1.29 is 4.79 Å². The molecule has 2 aromatic rings. The van der Waals surface area contributed by atoms with Gasteiger partial charge in [-0.25, -0.2) is 0 Å². The fourth-order valence-electron chi connectivity index (χ4n) is 2.88. The molecule has 22 heavy (non-hydrogen) atoms. The third kappa shape index (κ3) is 3.38. The zero-order chi connectivity index (χ0) is 15.9. The molecule has 0 radical (unpaired) electrons. The molecular formula is C20H25NO. The van der Waals surface area contributed by atoms with Gasteiger partial charge >= 0.3 is 0 Å². The molecule has 1 heterocycles. The monoisotopic (exact) mass is 295 g/mol. The zero-order valence-corrected chi connectivity index (χ0v) is 13.8. The first-order valence-corrected chi connectivity index (χ1v) is 8.24. The van der Waals surface area contributed by atoms with Crippen LogP contribution >= 0.6 is 0 Å². The summed E-state index contributed by atoms with van der Waals surface area (Å²) in [4.78, 5) is 14.3. The number of hydrogen-bond donors (Lipinski definition) is 0. The second-order valence-electron chi connectivity index (χ2n) is 5.23. The molecule has 0 N–H and O–H groups in total. The maximum absolute atomic E-state index is 12.3. The number of benzene rings is 2. The van der Waals surface area contributed by atoms with Gasteiger partial charge in [0.05, 0.1) is 6.54 Å². The van der Waals surface area contributed by atoms with Gasteiger partial charge in [-0.2, -0.15) is 0 Å². The standard InChI is InChI=1S/C18H19NO.C2H6/c1-2-18(20)19-13-16-9-4-3-7-14(16)11-12-15-8-5-6-10-17(15)19;1-2/h3-10H,2,11-13H2,1H3;1-2H3. The van der Waals surface area contributed by atoms with Crippen molar-refractivity contribution in [2.24, 2.45) is 0 Å². The molecule has 3 rings (SSSR count). The van der Waals surface area contributed by atoms with E-state index in [9.17, 15) is 4.79 Å². The minimum Gasteiger partial charge on any atom is -0.308 e. The van der Waals surface area contributed by atoms with E-state index in [1.54, 1.807) is 0 Å². The fourth-order valence-corrected chi connectivity index (χ4v) is 2.88. The van der Waals surface area contributed by atoms with E-state index >= 15 is 0 Å². The summed E-state index contributed by atoms with van der Waals surface area (Å²) in [5.41, 5.74) is 4.97. The number of nitrogens with zero attached hydrogens (tertiary/aromatic N) is 1. The van der Waals surface area contributed by atoms with E-state index in [1.165, 1.54) is 16.7 Å². The number of aryl methyl sites for hydroxylation is 2. The van der Waals surface area contributed by atoms with Crippen LogP contribution in [0, 0.1) is 0 Å². The molecule has 1 aliphatic heterocycles. The first-order chi connectivity index (χ1) is 10.8. The summed E-state index contributed by atoms with van der Waals surface area (Å²) in [7, 11) is 0. The number of hydrogen-bond acceptors (Lipinski definition) is 1. The topological polar surface area (TPSA) is 20.3 Å².